The molecular weight excluding hydrogens is 222 g/mol. The third-order valence-corrected chi connectivity index (χ3v) is 2.94. The summed E-state index contributed by atoms with van der Waals surface area (Å²) in [5.74, 6) is 0. The maximum Gasteiger partial charge on any atom is 0.0518 e. The molecule has 0 saturated heterocycles. The maximum atomic E-state index is 5.55. The van der Waals surface area contributed by atoms with Gasteiger partial charge in [-0.1, -0.05) is 43.7 Å². The van der Waals surface area contributed by atoms with E-state index < -0.39 is 0 Å². The molecule has 1 unspecified atom stereocenters. The van der Waals surface area contributed by atoms with Crippen LogP contribution >= 0.6 is 0 Å². The number of benzene rings is 1. The quantitative estimate of drug-likeness (QED) is 0.669. The third-order valence-electron chi connectivity index (χ3n) is 2.94. The Hall–Kier alpha value is -0.860. The topological polar surface area (TPSA) is 21.3 Å². The van der Waals surface area contributed by atoms with E-state index in [1.54, 1.807) is 0 Å². The first-order chi connectivity index (χ1) is 8.74. The normalized spacial score (nSPS) is 12.9. The molecule has 1 atom stereocenters. The Morgan fingerprint density at radius 3 is 2.50 bits per heavy atom. The lowest BCUT2D eigenvalue weighted by molar-refractivity contribution is 0.0766. The highest BCUT2D eigenvalue weighted by molar-refractivity contribution is 5.18. The van der Waals surface area contributed by atoms with E-state index in [1.165, 1.54) is 18.4 Å². The number of rotatable bonds is 9. The van der Waals surface area contributed by atoms with Crippen molar-refractivity contribution in [2.24, 2.45) is 0 Å². The van der Waals surface area contributed by atoms with Crippen LogP contribution in [0.5, 0.6) is 0 Å². The van der Waals surface area contributed by atoms with Crippen LogP contribution in [0.2, 0.25) is 0 Å². The van der Waals surface area contributed by atoms with Gasteiger partial charge in [-0.3, -0.25) is 0 Å². The molecule has 0 spiro atoms. The highest BCUT2D eigenvalue weighted by Crippen LogP contribution is 2.17. The molecule has 0 aromatic heterocycles. The van der Waals surface area contributed by atoms with Crippen molar-refractivity contribution in [2.75, 3.05) is 13.2 Å². The molecule has 0 radical (unpaired) electrons. The van der Waals surface area contributed by atoms with Crippen LogP contribution in [0.4, 0.5) is 0 Å². The molecule has 1 aromatic rings. The monoisotopic (exact) mass is 249 g/mol. The fourth-order valence-corrected chi connectivity index (χ4v) is 2.03. The fraction of sp³-hybridized carbons (Fsp3) is 0.625. The van der Waals surface area contributed by atoms with Gasteiger partial charge in [-0.2, -0.15) is 0 Å². The zero-order valence-electron chi connectivity index (χ0n) is 12.0. The molecule has 1 N–H and O–H groups in total. The van der Waals surface area contributed by atoms with Crippen LogP contribution in [0.1, 0.15) is 51.6 Å². The van der Waals surface area contributed by atoms with E-state index in [0.29, 0.717) is 12.1 Å². The zero-order chi connectivity index (χ0) is 13.2. The predicted octanol–water partition coefficient (Wildman–Crippen LogP) is 3.93. The SMILES string of the molecule is CCCC(NCCCOC(C)C)c1ccccc1. The molecule has 1 rings (SSSR count). The summed E-state index contributed by atoms with van der Waals surface area (Å²) in [5, 5.41) is 3.63. The van der Waals surface area contributed by atoms with Crippen molar-refractivity contribution >= 4 is 0 Å². The summed E-state index contributed by atoms with van der Waals surface area (Å²) in [7, 11) is 0. The molecule has 1 aromatic carbocycles. The molecule has 0 bridgehead atoms. The molecule has 0 saturated carbocycles. The molecular formula is C16H27NO. The molecule has 0 amide bonds. The Kier molecular flexibility index (Phi) is 7.70. The maximum absolute atomic E-state index is 5.55. The van der Waals surface area contributed by atoms with Crippen molar-refractivity contribution in [3.8, 4) is 0 Å². The fourth-order valence-electron chi connectivity index (χ4n) is 2.03. The summed E-state index contributed by atoms with van der Waals surface area (Å²) < 4.78 is 5.55. The van der Waals surface area contributed by atoms with Crippen molar-refractivity contribution in [3.05, 3.63) is 35.9 Å². The van der Waals surface area contributed by atoms with Crippen molar-refractivity contribution in [1.29, 1.82) is 0 Å². The standard InChI is InChI=1S/C16H27NO/c1-4-9-16(15-10-6-5-7-11-15)17-12-8-13-18-14(2)3/h5-7,10-11,14,16-17H,4,8-9,12-13H2,1-3H3. The largest absolute Gasteiger partial charge is 0.379 e. The van der Waals surface area contributed by atoms with Gasteiger partial charge in [0.1, 0.15) is 0 Å². The van der Waals surface area contributed by atoms with E-state index in [1.807, 2.05) is 0 Å². The van der Waals surface area contributed by atoms with Gasteiger partial charge in [-0.15, -0.1) is 0 Å². The van der Waals surface area contributed by atoms with E-state index in [0.717, 1.165) is 19.6 Å². The zero-order valence-corrected chi connectivity index (χ0v) is 12.0. The molecule has 18 heavy (non-hydrogen) atoms. The van der Waals surface area contributed by atoms with Gasteiger partial charge in [-0.25, -0.2) is 0 Å². The minimum Gasteiger partial charge on any atom is -0.379 e. The van der Waals surface area contributed by atoms with Gasteiger partial charge in [0, 0.05) is 12.6 Å². The van der Waals surface area contributed by atoms with Crippen molar-refractivity contribution < 1.29 is 4.74 Å². The third kappa shape index (κ3) is 6.18. The summed E-state index contributed by atoms with van der Waals surface area (Å²) >= 11 is 0. The first-order valence-corrected chi connectivity index (χ1v) is 7.14. The number of ether oxygens (including phenoxy) is 1. The highest BCUT2D eigenvalue weighted by Gasteiger charge is 2.08. The summed E-state index contributed by atoms with van der Waals surface area (Å²) in [4.78, 5) is 0. The van der Waals surface area contributed by atoms with Gasteiger partial charge in [0.05, 0.1) is 6.10 Å². The molecule has 102 valence electrons. The first kappa shape index (κ1) is 15.2. The van der Waals surface area contributed by atoms with E-state index >= 15 is 0 Å². The molecule has 0 heterocycles. The van der Waals surface area contributed by atoms with Gasteiger partial charge in [0.2, 0.25) is 0 Å². The lowest BCUT2D eigenvalue weighted by atomic mass is 10.0. The van der Waals surface area contributed by atoms with E-state index in [2.05, 4.69) is 56.4 Å². The summed E-state index contributed by atoms with van der Waals surface area (Å²) in [6.45, 7) is 8.26. The number of hydrogen-bond donors (Lipinski definition) is 1. The second kappa shape index (κ2) is 9.12. The molecule has 2 nitrogen and oxygen atoms in total. The van der Waals surface area contributed by atoms with Gasteiger partial charge in [0.25, 0.3) is 0 Å². The predicted molar refractivity (Wildman–Crippen MR) is 77.8 cm³/mol. The van der Waals surface area contributed by atoms with Crippen molar-refractivity contribution in [1.82, 2.24) is 5.32 Å². The van der Waals surface area contributed by atoms with Crippen LogP contribution in [0.15, 0.2) is 30.3 Å². The molecule has 0 fully saturated rings. The molecule has 0 aliphatic rings. The van der Waals surface area contributed by atoms with Gasteiger partial charge < -0.3 is 10.1 Å². The van der Waals surface area contributed by atoms with Gasteiger partial charge in [-0.05, 0) is 38.8 Å². The van der Waals surface area contributed by atoms with E-state index in [4.69, 9.17) is 4.74 Å². The van der Waals surface area contributed by atoms with Crippen LogP contribution in [-0.4, -0.2) is 19.3 Å². The van der Waals surface area contributed by atoms with Crippen LogP contribution in [-0.2, 0) is 4.74 Å². The van der Waals surface area contributed by atoms with Crippen LogP contribution in [0.3, 0.4) is 0 Å². The van der Waals surface area contributed by atoms with Crippen LogP contribution < -0.4 is 5.32 Å². The first-order valence-electron chi connectivity index (χ1n) is 7.14. The van der Waals surface area contributed by atoms with Gasteiger partial charge >= 0.3 is 0 Å². The Labute approximate surface area is 112 Å². The molecule has 0 aliphatic heterocycles. The summed E-state index contributed by atoms with van der Waals surface area (Å²) in [5.41, 5.74) is 1.39. The minimum atomic E-state index is 0.338. The second-order valence-corrected chi connectivity index (χ2v) is 4.98. The summed E-state index contributed by atoms with van der Waals surface area (Å²) in [6, 6.07) is 11.2. The van der Waals surface area contributed by atoms with E-state index in [-0.39, 0.29) is 0 Å². The van der Waals surface area contributed by atoms with Crippen LogP contribution in [0.25, 0.3) is 0 Å². The van der Waals surface area contributed by atoms with Crippen molar-refractivity contribution in [3.63, 3.8) is 0 Å². The number of hydrogen-bond acceptors (Lipinski definition) is 2. The minimum absolute atomic E-state index is 0.338. The Bertz CT molecular complexity index is 297. The molecule has 2 heteroatoms. The summed E-state index contributed by atoms with van der Waals surface area (Å²) in [6.07, 6.45) is 3.81. The lowest BCUT2D eigenvalue weighted by Crippen LogP contribution is -2.23. The Morgan fingerprint density at radius 2 is 1.89 bits per heavy atom. The average molecular weight is 249 g/mol. The Morgan fingerprint density at radius 1 is 1.17 bits per heavy atom. The van der Waals surface area contributed by atoms with Crippen LogP contribution in [0, 0.1) is 0 Å². The van der Waals surface area contributed by atoms with Gasteiger partial charge in [0.15, 0.2) is 0 Å². The Balaban J connectivity index is 2.31. The van der Waals surface area contributed by atoms with Crippen molar-refractivity contribution in [2.45, 2.75) is 52.2 Å². The lowest BCUT2D eigenvalue weighted by Gasteiger charge is -2.18. The smallest absolute Gasteiger partial charge is 0.0518 e. The molecule has 0 aliphatic carbocycles. The average Bonchev–Trinajstić information content (AvgIpc) is 2.38. The highest BCUT2D eigenvalue weighted by atomic mass is 16.5. The van der Waals surface area contributed by atoms with E-state index in [9.17, 15) is 0 Å². The second-order valence-electron chi connectivity index (χ2n) is 4.98. The number of nitrogens with one attached hydrogen (secondary N) is 1.